The summed E-state index contributed by atoms with van der Waals surface area (Å²) >= 11 is 1.43. The predicted molar refractivity (Wildman–Crippen MR) is 77.3 cm³/mol. The van der Waals surface area contributed by atoms with E-state index in [9.17, 15) is 4.79 Å². The van der Waals surface area contributed by atoms with Gasteiger partial charge in [-0.05, 0) is 37.3 Å². The summed E-state index contributed by atoms with van der Waals surface area (Å²) in [5, 5.41) is 8.72. The number of aliphatic hydroxyl groups is 1. The van der Waals surface area contributed by atoms with E-state index < -0.39 is 0 Å². The van der Waals surface area contributed by atoms with Gasteiger partial charge in [0.15, 0.2) is 0 Å². The molecule has 1 saturated heterocycles. The quantitative estimate of drug-likeness (QED) is 0.800. The molecule has 1 unspecified atom stereocenters. The van der Waals surface area contributed by atoms with Gasteiger partial charge in [-0.25, -0.2) is 0 Å². The van der Waals surface area contributed by atoms with Crippen LogP contribution in [-0.4, -0.2) is 35.6 Å². The van der Waals surface area contributed by atoms with Crippen LogP contribution >= 0.6 is 11.3 Å². The van der Waals surface area contributed by atoms with Crippen LogP contribution in [0.25, 0.3) is 0 Å². The molecule has 2 rings (SSSR count). The Morgan fingerprint density at radius 2 is 2.42 bits per heavy atom. The molecule has 0 saturated carbocycles. The van der Waals surface area contributed by atoms with Gasteiger partial charge in [-0.1, -0.05) is 18.8 Å². The lowest BCUT2D eigenvalue weighted by molar-refractivity contribution is 0.0688. The zero-order valence-electron chi connectivity index (χ0n) is 11.4. The molecule has 0 aromatic carbocycles. The maximum absolute atomic E-state index is 12.4. The highest BCUT2D eigenvalue weighted by atomic mass is 32.1. The van der Waals surface area contributed by atoms with E-state index >= 15 is 0 Å². The summed E-state index contributed by atoms with van der Waals surface area (Å²) in [7, 11) is 0. The first-order valence-electron chi connectivity index (χ1n) is 6.61. The highest BCUT2D eigenvalue weighted by Crippen LogP contribution is 2.24. The molecule has 0 bridgehead atoms. The molecule has 1 atom stereocenters. The molecule has 1 aliphatic heterocycles. The number of piperidine rings is 1. The molecule has 19 heavy (non-hydrogen) atoms. The van der Waals surface area contributed by atoms with Crippen LogP contribution in [0.4, 0.5) is 0 Å². The molecule has 0 spiro atoms. The summed E-state index contributed by atoms with van der Waals surface area (Å²) in [5.41, 5.74) is 1.01. The molecule has 1 aromatic heterocycles. The number of carbonyl (C=O) groups excluding carboxylic acids is 1. The fourth-order valence-electron chi connectivity index (χ4n) is 2.36. The second kappa shape index (κ2) is 6.23. The van der Waals surface area contributed by atoms with E-state index in [2.05, 4.69) is 18.8 Å². The summed E-state index contributed by atoms with van der Waals surface area (Å²) in [6.45, 7) is 5.71. The van der Waals surface area contributed by atoms with Crippen LogP contribution in [-0.2, 0) is 0 Å². The van der Waals surface area contributed by atoms with Gasteiger partial charge in [0.2, 0.25) is 0 Å². The van der Waals surface area contributed by atoms with E-state index in [4.69, 9.17) is 5.11 Å². The Kier molecular flexibility index (Phi) is 4.62. The molecule has 3 nitrogen and oxygen atoms in total. The van der Waals surface area contributed by atoms with E-state index in [1.807, 2.05) is 17.9 Å². The van der Waals surface area contributed by atoms with Crippen molar-refractivity contribution < 1.29 is 9.90 Å². The molecule has 1 aliphatic rings. The van der Waals surface area contributed by atoms with Crippen molar-refractivity contribution in [2.75, 3.05) is 19.7 Å². The summed E-state index contributed by atoms with van der Waals surface area (Å²) < 4.78 is 0. The van der Waals surface area contributed by atoms with Crippen molar-refractivity contribution in [2.24, 2.45) is 5.92 Å². The Morgan fingerprint density at radius 3 is 3.11 bits per heavy atom. The van der Waals surface area contributed by atoms with E-state index in [0.717, 1.165) is 34.8 Å². The lowest BCUT2D eigenvalue weighted by Gasteiger charge is -2.30. The van der Waals surface area contributed by atoms with E-state index in [1.54, 1.807) is 0 Å². The number of aliphatic hydroxyl groups excluding tert-OH is 1. The topological polar surface area (TPSA) is 40.5 Å². The van der Waals surface area contributed by atoms with Crippen molar-refractivity contribution in [3.8, 4) is 11.8 Å². The van der Waals surface area contributed by atoms with Crippen LogP contribution in [0.2, 0.25) is 0 Å². The number of carbonyl (C=O) groups is 1. The third-order valence-corrected chi connectivity index (χ3v) is 4.49. The van der Waals surface area contributed by atoms with Crippen molar-refractivity contribution in [2.45, 2.75) is 26.7 Å². The van der Waals surface area contributed by atoms with E-state index in [-0.39, 0.29) is 12.5 Å². The standard InChI is InChI=1S/C15H19NO2S/c1-11-5-3-7-16(10-11)15(18)14-9-12(2)13(19-14)6-4-8-17/h9,11,17H,3,5,7-8,10H2,1-2H3. The lowest BCUT2D eigenvalue weighted by atomic mass is 10.0. The zero-order valence-corrected chi connectivity index (χ0v) is 12.2. The molecule has 1 amide bonds. The fourth-order valence-corrected chi connectivity index (χ4v) is 3.38. The first kappa shape index (κ1) is 14.1. The van der Waals surface area contributed by atoms with Crippen LogP contribution < -0.4 is 0 Å². The second-order valence-corrected chi connectivity index (χ2v) is 6.13. The van der Waals surface area contributed by atoms with Crippen LogP contribution in [0.3, 0.4) is 0 Å². The SMILES string of the molecule is Cc1cc(C(=O)N2CCCC(C)C2)sc1C#CCO. The van der Waals surface area contributed by atoms with Gasteiger partial charge in [-0.2, -0.15) is 0 Å². The molecular weight excluding hydrogens is 258 g/mol. The third kappa shape index (κ3) is 3.37. The number of hydrogen-bond acceptors (Lipinski definition) is 3. The van der Waals surface area contributed by atoms with Gasteiger partial charge in [0.1, 0.15) is 6.61 Å². The number of hydrogen-bond donors (Lipinski definition) is 1. The summed E-state index contributed by atoms with van der Waals surface area (Å²) in [6, 6.07) is 1.91. The molecule has 0 aliphatic carbocycles. The number of aryl methyl sites for hydroxylation is 1. The normalized spacial score (nSPS) is 18.9. The molecule has 1 fully saturated rings. The van der Waals surface area contributed by atoms with Crippen molar-refractivity contribution >= 4 is 17.2 Å². The Morgan fingerprint density at radius 1 is 1.63 bits per heavy atom. The fraction of sp³-hybridized carbons (Fsp3) is 0.533. The summed E-state index contributed by atoms with van der Waals surface area (Å²) in [6.07, 6.45) is 2.30. The highest BCUT2D eigenvalue weighted by molar-refractivity contribution is 7.14. The van der Waals surface area contributed by atoms with Crippen molar-refractivity contribution in [1.29, 1.82) is 0 Å². The molecule has 2 heterocycles. The van der Waals surface area contributed by atoms with Gasteiger partial charge in [-0.3, -0.25) is 4.79 Å². The number of thiophene rings is 1. The predicted octanol–water partition coefficient (Wildman–Crippen LogP) is 2.27. The van der Waals surface area contributed by atoms with Crippen molar-refractivity contribution in [1.82, 2.24) is 4.90 Å². The Balaban J connectivity index is 2.15. The Bertz CT molecular complexity index is 524. The minimum atomic E-state index is -0.149. The number of rotatable bonds is 1. The minimum Gasteiger partial charge on any atom is -0.384 e. The molecule has 1 N–H and O–H groups in total. The smallest absolute Gasteiger partial charge is 0.263 e. The molecule has 102 valence electrons. The zero-order chi connectivity index (χ0) is 13.8. The summed E-state index contributed by atoms with van der Waals surface area (Å²) in [4.78, 5) is 16.0. The maximum Gasteiger partial charge on any atom is 0.263 e. The van der Waals surface area contributed by atoms with Crippen molar-refractivity contribution in [3.05, 3.63) is 21.4 Å². The number of amides is 1. The Labute approximate surface area is 118 Å². The monoisotopic (exact) mass is 277 g/mol. The van der Waals surface area contributed by atoms with Gasteiger partial charge in [0, 0.05) is 13.1 Å². The van der Waals surface area contributed by atoms with Crippen LogP contribution in [0, 0.1) is 24.7 Å². The Hall–Kier alpha value is -1.31. The number of likely N-dealkylation sites (tertiary alicyclic amines) is 1. The molecule has 4 heteroatoms. The van der Waals surface area contributed by atoms with E-state index in [0.29, 0.717) is 5.92 Å². The molecular formula is C15H19NO2S. The average Bonchev–Trinajstić information content (AvgIpc) is 2.77. The highest BCUT2D eigenvalue weighted by Gasteiger charge is 2.23. The third-order valence-electron chi connectivity index (χ3n) is 3.35. The van der Waals surface area contributed by atoms with E-state index in [1.165, 1.54) is 17.8 Å². The molecule has 0 radical (unpaired) electrons. The largest absolute Gasteiger partial charge is 0.384 e. The van der Waals surface area contributed by atoms with Crippen molar-refractivity contribution in [3.63, 3.8) is 0 Å². The first-order valence-corrected chi connectivity index (χ1v) is 7.43. The van der Waals surface area contributed by atoms with Gasteiger partial charge in [-0.15, -0.1) is 11.3 Å². The maximum atomic E-state index is 12.4. The van der Waals surface area contributed by atoms with Gasteiger partial charge < -0.3 is 10.0 Å². The first-order chi connectivity index (χ1) is 9.11. The minimum absolute atomic E-state index is 0.122. The second-order valence-electron chi connectivity index (χ2n) is 5.08. The van der Waals surface area contributed by atoms with Gasteiger partial charge >= 0.3 is 0 Å². The number of nitrogens with zero attached hydrogens (tertiary/aromatic N) is 1. The summed E-state index contributed by atoms with van der Waals surface area (Å²) in [5.74, 6) is 6.24. The van der Waals surface area contributed by atoms with Gasteiger partial charge in [0.05, 0.1) is 9.75 Å². The lowest BCUT2D eigenvalue weighted by Crippen LogP contribution is -2.38. The molecule has 1 aromatic rings. The van der Waals surface area contributed by atoms with Gasteiger partial charge in [0.25, 0.3) is 5.91 Å². The van der Waals surface area contributed by atoms with Crippen LogP contribution in [0.1, 0.15) is 39.9 Å². The average molecular weight is 277 g/mol. The van der Waals surface area contributed by atoms with Crippen LogP contribution in [0.15, 0.2) is 6.07 Å². The van der Waals surface area contributed by atoms with Crippen LogP contribution in [0.5, 0.6) is 0 Å².